The van der Waals surface area contributed by atoms with Crippen molar-refractivity contribution in [3.05, 3.63) is 71.8 Å². The van der Waals surface area contributed by atoms with Gasteiger partial charge in [-0.25, -0.2) is 0 Å². The Kier molecular flexibility index (Phi) is 5.14. The van der Waals surface area contributed by atoms with Crippen molar-refractivity contribution in [3.8, 4) is 0 Å². The second-order valence-corrected chi connectivity index (χ2v) is 6.74. The third-order valence-electron chi connectivity index (χ3n) is 5.11. The van der Waals surface area contributed by atoms with E-state index in [1.807, 2.05) is 60.7 Å². The molecule has 0 amide bonds. The van der Waals surface area contributed by atoms with Gasteiger partial charge in [-0.05, 0) is 50.4 Å². The van der Waals surface area contributed by atoms with E-state index in [4.69, 9.17) is 0 Å². The van der Waals surface area contributed by atoms with Crippen LogP contribution in [0.2, 0.25) is 0 Å². The Balaban J connectivity index is 1.89. The first-order valence-electron chi connectivity index (χ1n) is 8.77. The summed E-state index contributed by atoms with van der Waals surface area (Å²) in [6, 6.07) is 20.6. The summed E-state index contributed by atoms with van der Waals surface area (Å²) >= 11 is 0. The Morgan fingerprint density at radius 1 is 0.870 bits per heavy atom. The first kappa shape index (κ1) is 16.2. The van der Waals surface area contributed by atoms with Crippen LogP contribution in [0, 0.1) is 0 Å². The normalized spacial score (nSPS) is 17.8. The molecular weight excluding hydrogens is 282 g/mol. The van der Waals surface area contributed by atoms with Gasteiger partial charge in [-0.1, -0.05) is 67.1 Å². The molecule has 0 radical (unpaired) electrons. The molecule has 23 heavy (non-hydrogen) atoms. The second kappa shape index (κ2) is 7.29. The SMILES string of the molecule is C[C@@H](CC(O)(c1ccccc1)c1ccccc1)N1CCCCC1. The summed E-state index contributed by atoms with van der Waals surface area (Å²) < 4.78 is 0. The van der Waals surface area contributed by atoms with Crippen LogP contribution in [0.1, 0.15) is 43.7 Å². The van der Waals surface area contributed by atoms with Crippen molar-refractivity contribution in [3.63, 3.8) is 0 Å². The molecule has 1 saturated heterocycles. The maximum absolute atomic E-state index is 11.6. The van der Waals surface area contributed by atoms with E-state index >= 15 is 0 Å². The lowest BCUT2D eigenvalue weighted by Gasteiger charge is -2.38. The predicted molar refractivity (Wildman–Crippen MR) is 95.4 cm³/mol. The summed E-state index contributed by atoms with van der Waals surface area (Å²) in [5.74, 6) is 0. The number of benzene rings is 2. The Bertz CT molecular complexity index is 550. The first-order chi connectivity index (χ1) is 11.2. The molecule has 1 fully saturated rings. The van der Waals surface area contributed by atoms with E-state index in [9.17, 15) is 5.11 Å². The van der Waals surface area contributed by atoms with Gasteiger partial charge in [0.15, 0.2) is 0 Å². The molecule has 2 aromatic carbocycles. The minimum absolute atomic E-state index is 0.362. The quantitative estimate of drug-likeness (QED) is 0.895. The molecular formula is C21H27NO. The van der Waals surface area contributed by atoms with Crippen LogP contribution in [-0.4, -0.2) is 29.1 Å². The van der Waals surface area contributed by atoms with Gasteiger partial charge in [0.05, 0.1) is 0 Å². The van der Waals surface area contributed by atoms with E-state index < -0.39 is 5.60 Å². The second-order valence-electron chi connectivity index (χ2n) is 6.74. The van der Waals surface area contributed by atoms with Crippen molar-refractivity contribution in [2.45, 2.75) is 44.2 Å². The van der Waals surface area contributed by atoms with Gasteiger partial charge in [0.1, 0.15) is 5.60 Å². The van der Waals surface area contributed by atoms with Gasteiger partial charge in [0.2, 0.25) is 0 Å². The van der Waals surface area contributed by atoms with Gasteiger partial charge in [0.25, 0.3) is 0 Å². The molecule has 1 atom stereocenters. The number of nitrogens with zero attached hydrogens (tertiary/aromatic N) is 1. The summed E-state index contributed by atoms with van der Waals surface area (Å²) in [5, 5.41) is 11.6. The Morgan fingerprint density at radius 2 is 1.35 bits per heavy atom. The zero-order chi connectivity index (χ0) is 16.1. The van der Waals surface area contributed by atoms with Crippen LogP contribution in [0.3, 0.4) is 0 Å². The van der Waals surface area contributed by atoms with Crippen molar-refractivity contribution < 1.29 is 5.11 Å². The lowest BCUT2D eigenvalue weighted by molar-refractivity contribution is 0.0322. The highest BCUT2D eigenvalue weighted by Gasteiger charge is 2.34. The standard InChI is InChI=1S/C21H27NO/c1-18(22-15-9-4-10-16-22)17-21(23,19-11-5-2-6-12-19)20-13-7-3-8-14-20/h2-3,5-8,11-14,18,23H,4,9-10,15-17H2,1H3/t18-/m0/s1. The maximum Gasteiger partial charge on any atom is 0.116 e. The van der Waals surface area contributed by atoms with E-state index in [1.165, 1.54) is 19.3 Å². The minimum atomic E-state index is -0.931. The third-order valence-corrected chi connectivity index (χ3v) is 5.11. The molecule has 1 aliphatic heterocycles. The van der Waals surface area contributed by atoms with Gasteiger partial charge < -0.3 is 10.0 Å². The highest BCUT2D eigenvalue weighted by molar-refractivity contribution is 5.36. The minimum Gasteiger partial charge on any atom is -0.380 e. The molecule has 0 bridgehead atoms. The van der Waals surface area contributed by atoms with E-state index in [-0.39, 0.29) is 0 Å². The van der Waals surface area contributed by atoms with Crippen LogP contribution < -0.4 is 0 Å². The van der Waals surface area contributed by atoms with Crippen molar-refractivity contribution in [2.24, 2.45) is 0 Å². The van der Waals surface area contributed by atoms with E-state index in [1.54, 1.807) is 0 Å². The van der Waals surface area contributed by atoms with E-state index in [0.717, 1.165) is 30.6 Å². The molecule has 1 heterocycles. The number of piperidine rings is 1. The van der Waals surface area contributed by atoms with Crippen molar-refractivity contribution >= 4 is 0 Å². The summed E-state index contributed by atoms with van der Waals surface area (Å²) in [7, 11) is 0. The average Bonchev–Trinajstić information content (AvgIpc) is 2.64. The van der Waals surface area contributed by atoms with Crippen molar-refractivity contribution in [1.29, 1.82) is 0 Å². The van der Waals surface area contributed by atoms with Crippen LogP contribution in [0.15, 0.2) is 60.7 Å². The zero-order valence-electron chi connectivity index (χ0n) is 14.0. The van der Waals surface area contributed by atoms with Crippen molar-refractivity contribution in [2.75, 3.05) is 13.1 Å². The van der Waals surface area contributed by atoms with Crippen LogP contribution in [0.25, 0.3) is 0 Å². The number of likely N-dealkylation sites (tertiary alicyclic amines) is 1. The highest BCUT2D eigenvalue weighted by Crippen LogP contribution is 2.35. The lowest BCUT2D eigenvalue weighted by atomic mass is 9.81. The fraction of sp³-hybridized carbons (Fsp3) is 0.429. The summed E-state index contributed by atoms with van der Waals surface area (Å²) in [5.41, 5.74) is 1.03. The zero-order valence-corrected chi connectivity index (χ0v) is 14.0. The average molecular weight is 309 g/mol. The molecule has 0 saturated carbocycles. The first-order valence-corrected chi connectivity index (χ1v) is 8.77. The molecule has 2 nitrogen and oxygen atoms in total. The Labute approximate surface area is 139 Å². The van der Waals surface area contributed by atoms with E-state index in [2.05, 4.69) is 11.8 Å². The number of rotatable bonds is 5. The van der Waals surface area contributed by atoms with Crippen molar-refractivity contribution in [1.82, 2.24) is 4.90 Å². The number of hydrogen-bond acceptors (Lipinski definition) is 2. The number of hydrogen-bond donors (Lipinski definition) is 1. The van der Waals surface area contributed by atoms with Gasteiger partial charge in [-0.2, -0.15) is 0 Å². The van der Waals surface area contributed by atoms with E-state index in [0.29, 0.717) is 6.04 Å². The van der Waals surface area contributed by atoms with Gasteiger partial charge >= 0.3 is 0 Å². The molecule has 122 valence electrons. The van der Waals surface area contributed by atoms with Crippen LogP contribution >= 0.6 is 0 Å². The molecule has 0 aromatic heterocycles. The molecule has 1 aliphatic rings. The molecule has 0 spiro atoms. The topological polar surface area (TPSA) is 23.5 Å². The summed E-state index contributed by atoms with van der Waals surface area (Å²) in [6.07, 6.45) is 4.62. The Morgan fingerprint density at radius 3 is 1.83 bits per heavy atom. The summed E-state index contributed by atoms with van der Waals surface area (Å²) in [6.45, 7) is 4.56. The fourth-order valence-corrected chi connectivity index (χ4v) is 3.75. The molecule has 2 aromatic rings. The molecule has 3 rings (SSSR count). The Hall–Kier alpha value is -1.64. The van der Waals surface area contributed by atoms with Gasteiger partial charge in [-0.15, -0.1) is 0 Å². The molecule has 2 heteroatoms. The predicted octanol–water partition coefficient (Wildman–Crippen LogP) is 4.19. The maximum atomic E-state index is 11.6. The van der Waals surface area contributed by atoms with Crippen LogP contribution in [-0.2, 0) is 5.60 Å². The summed E-state index contributed by atoms with van der Waals surface area (Å²) in [4.78, 5) is 2.53. The number of aliphatic hydroxyl groups is 1. The fourth-order valence-electron chi connectivity index (χ4n) is 3.75. The van der Waals surface area contributed by atoms with Crippen LogP contribution in [0.4, 0.5) is 0 Å². The third kappa shape index (κ3) is 3.65. The largest absolute Gasteiger partial charge is 0.380 e. The smallest absolute Gasteiger partial charge is 0.116 e. The van der Waals surface area contributed by atoms with Gasteiger partial charge in [-0.3, -0.25) is 0 Å². The highest BCUT2D eigenvalue weighted by atomic mass is 16.3. The lowest BCUT2D eigenvalue weighted by Crippen LogP contribution is -2.42. The molecule has 0 unspecified atom stereocenters. The molecule has 1 N–H and O–H groups in total. The monoisotopic (exact) mass is 309 g/mol. The molecule has 0 aliphatic carbocycles. The van der Waals surface area contributed by atoms with Crippen LogP contribution in [0.5, 0.6) is 0 Å². The van der Waals surface area contributed by atoms with Gasteiger partial charge in [0, 0.05) is 6.04 Å².